The Morgan fingerprint density at radius 1 is 0.611 bits per heavy atom. The third-order valence-electron chi connectivity index (χ3n) is 3.44. The Morgan fingerprint density at radius 2 is 0.944 bits per heavy atom. The molecule has 0 spiro atoms. The fourth-order valence-electron chi connectivity index (χ4n) is 2.25. The second-order valence-electron chi connectivity index (χ2n) is 5.21. The Hall–Kier alpha value is 1.35. The molecule has 0 saturated carbocycles. The van der Waals surface area contributed by atoms with E-state index in [1.165, 1.54) is 89.9 Å². The molecule has 0 radical (unpaired) electrons. The number of thiol groups is 1. The molecule has 104 valence electrons. The molecule has 0 aromatic carbocycles. The normalized spacial score (nSPS) is 10.3. The number of rotatable bonds is 14. The van der Waals surface area contributed by atoms with Crippen molar-refractivity contribution in [3.63, 3.8) is 0 Å². The van der Waals surface area contributed by atoms with Gasteiger partial charge in [-0.2, -0.15) is 6.42 Å². The summed E-state index contributed by atoms with van der Waals surface area (Å²) in [5.41, 5.74) is 0. The third kappa shape index (κ3) is 19.7. The molecular formula is C16H33NaS. The second kappa shape index (κ2) is 20.7. The molecule has 0 saturated heterocycles. The van der Waals surface area contributed by atoms with Gasteiger partial charge >= 0.3 is 29.6 Å². The van der Waals surface area contributed by atoms with Crippen LogP contribution in [0.4, 0.5) is 0 Å². The van der Waals surface area contributed by atoms with Gasteiger partial charge in [-0.3, -0.25) is 5.75 Å². The summed E-state index contributed by atoms with van der Waals surface area (Å²) in [6.07, 6.45) is 19.8. The number of hydrogen-bond acceptors (Lipinski definition) is 1. The third-order valence-corrected chi connectivity index (χ3v) is 3.69. The van der Waals surface area contributed by atoms with E-state index in [1.807, 2.05) is 5.75 Å². The van der Waals surface area contributed by atoms with Crippen molar-refractivity contribution in [2.75, 3.05) is 0 Å². The van der Waals surface area contributed by atoms with Gasteiger partial charge in [0.1, 0.15) is 0 Å². The average molecular weight is 280 g/mol. The minimum Gasteiger partial charge on any atom is -0.369 e. The maximum absolute atomic E-state index is 4.11. The van der Waals surface area contributed by atoms with Gasteiger partial charge in [-0.25, -0.2) is 0 Å². The molecule has 0 amide bonds. The van der Waals surface area contributed by atoms with Crippen LogP contribution >= 0.6 is 12.6 Å². The zero-order valence-corrected chi connectivity index (χ0v) is 15.8. The first-order valence-electron chi connectivity index (χ1n) is 7.87. The Kier molecular flexibility index (Phi) is 24.8. The molecule has 0 atom stereocenters. The maximum Gasteiger partial charge on any atom is 1.00 e. The SMILES string of the molecule is CCCCCCCCCCCCCCC[CH-]S.[Na+]. The van der Waals surface area contributed by atoms with Crippen LogP contribution in [0.25, 0.3) is 0 Å². The molecule has 18 heavy (non-hydrogen) atoms. The largest absolute Gasteiger partial charge is 1.00 e. The summed E-state index contributed by atoms with van der Waals surface area (Å²) in [5, 5.41) is 0. The Morgan fingerprint density at radius 3 is 1.28 bits per heavy atom. The molecule has 0 aromatic rings. The maximum atomic E-state index is 4.11. The van der Waals surface area contributed by atoms with Crippen molar-refractivity contribution in [1.82, 2.24) is 0 Å². The smallest absolute Gasteiger partial charge is 0.369 e. The molecule has 0 aromatic heterocycles. The molecule has 0 fully saturated rings. The van der Waals surface area contributed by atoms with Crippen molar-refractivity contribution in [1.29, 1.82) is 0 Å². The molecule has 0 aliphatic carbocycles. The van der Waals surface area contributed by atoms with Crippen LogP contribution in [-0.4, -0.2) is 0 Å². The zero-order valence-electron chi connectivity index (χ0n) is 12.9. The van der Waals surface area contributed by atoms with Crippen LogP contribution in [0.1, 0.15) is 96.8 Å². The summed E-state index contributed by atoms with van der Waals surface area (Å²) in [4.78, 5) is 0. The quantitative estimate of drug-likeness (QED) is 0.214. The average Bonchev–Trinajstić information content (AvgIpc) is 2.35. The van der Waals surface area contributed by atoms with E-state index in [-0.39, 0.29) is 29.6 Å². The second-order valence-corrected chi connectivity index (χ2v) is 5.58. The number of unbranched alkanes of at least 4 members (excludes halogenated alkanes) is 13. The minimum atomic E-state index is 0. The monoisotopic (exact) mass is 280 g/mol. The predicted molar refractivity (Wildman–Crippen MR) is 83.6 cm³/mol. The van der Waals surface area contributed by atoms with Gasteiger partial charge in [0.25, 0.3) is 0 Å². The van der Waals surface area contributed by atoms with E-state index in [0.29, 0.717) is 0 Å². The Labute approximate surface area is 144 Å². The standard InChI is InChI=1S/C16H33S.Na/c1-2-3-4-5-6-7-8-9-10-11-12-13-14-15-16-17;/h16-17H,2-15H2,1H3;/q-1;+1. The summed E-state index contributed by atoms with van der Waals surface area (Å²) >= 11 is 4.11. The van der Waals surface area contributed by atoms with E-state index in [4.69, 9.17) is 0 Å². The van der Waals surface area contributed by atoms with Gasteiger partial charge in [-0.1, -0.05) is 90.4 Å². The molecule has 0 aliphatic heterocycles. The molecule has 0 bridgehead atoms. The van der Waals surface area contributed by atoms with Crippen LogP contribution < -0.4 is 29.6 Å². The van der Waals surface area contributed by atoms with Gasteiger partial charge < -0.3 is 12.6 Å². The first-order chi connectivity index (χ1) is 8.41. The molecule has 2 heteroatoms. The van der Waals surface area contributed by atoms with Crippen LogP contribution in [0.5, 0.6) is 0 Å². The Balaban J connectivity index is 0. The van der Waals surface area contributed by atoms with E-state index in [1.54, 1.807) is 0 Å². The van der Waals surface area contributed by atoms with Crippen molar-refractivity contribution in [2.45, 2.75) is 96.8 Å². The zero-order chi connectivity index (χ0) is 12.6. The topological polar surface area (TPSA) is 0 Å². The van der Waals surface area contributed by atoms with Crippen molar-refractivity contribution in [3.8, 4) is 0 Å². The van der Waals surface area contributed by atoms with Crippen LogP contribution in [0.15, 0.2) is 0 Å². The van der Waals surface area contributed by atoms with Gasteiger partial charge in [0.15, 0.2) is 0 Å². The molecule has 0 unspecified atom stereocenters. The van der Waals surface area contributed by atoms with Crippen LogP contribution in [0.2, 0.25) is 0 Å². The van der Waals surface area contributed by atoms with E-state index in [9.17, 15) is 0 Å². The summed E-state index contributed by atoms with van der Waals surface area (Å²) in [7, 11) is 0. The van der Waals surface area contributed by atoms with Gasteiger partial charge in [0.2, 0.25) is 0 Å². The van der Waals surface area contributed by atoms with E-state index in [0.717, 1.165) is 0 Å². The number of hydrogen-bond donors (Lipinski definition) is 1. The summed E-state index contributed by atoms with van der Waals surface area (Å²) in [6, 6.07) is 0. The van der Waals surface area contributed by atoms with Crippen LogP contribution in [0.3, 0.4) is 0 Å². The summed E-state index contributed by atoms with van der Waals surface area (Å²) in [5.74, 6) is 1.98. The van der Waals surface area contributed by atoms with E-state index >= 15 is 0 Å². The predicted octanol–water partition coefficient (Wildman–Crippen LogP) is 3.56. The summed E-state index contributed by atoms with van der Waals surface area (Å²) < 4.78 is 0. The molecular weight excluding hydrogens is 247 g/mol. The van der Waals surface area contributed by atoms with E-state index in [2.05, 4.69) is 19.6 Å². The molecule has 0 aliphatic rings. The fourth-order valence-corrected chi connectivity index (χ4v) is 2.44. The Bertz CT molecular complexity index is 114. The fraction of sp³-hybridized carbons (Fsp3) is 0.938. The molecule has 0 heterocycles. The molecule has 0 N–H and O–H groups in total. The minimum absolute atomic E-state index is 0. The summed E-state index contributed by atoms with van der Waals surface area (Å²) in [6.45, 7) is 2.29. The van der Waals surface area contributed by atoms with Gasteiger partial charge in [-0.05, 0) is 0 Å². The van der Waals surface area contributed by atoms with Crippen LogP contribution in [-0.2, 0) is 0 Å². The first-order valence-corrected chi connectivity index (χ1v) is 8.39. The van der Waals surface area contributed by atoms with E-state index < -0.39 is 0 Å². The van der Waals surface area contributed by atoms with Gasteiger partial charge in [0, 0.05) is 0 Å². The molecule has 0 rings (SSSR count). The van der Waals surface area contributed by atoms with Crippen molar-refractivity contribution in [3.05, 3.63) is 5.75 Å². The van der Waals surface area contributed by atoms with Crippen molar-refractivity contribution >= 4 is 12.6 Å². The van der Waals surface area contributed by atoms with Crippen LogP contribution in [0, 0.1) is 5.75 Å². The van der Waals surface area contributed by atoms with Crippen molar-refractivity contribution < 1.29 is 29.6 Å². The molecule has 0 nitrogen and oxygen atoms in total. The van der Waals surface area contributed by atoms with Gasteiger partial charge in [0.05, 0.1) is 0 Å². The van der Waals surface area contributed by atoms with Crippen molar-refractivity contribution in [2.24, 2.45) is 0 Å². The van der Waals surface area contributed by atoms with Gasteiger partial charge in [-0.15, -0.1) is 0 Å². The first kappa shape index (κ1) is 21.6.